The lowest BCUT2D eigenvalue weighted by molar-refractivity contribution is -0.140. The molecule has 0 aliphatic heterocycles. The van der Waals surface area contributed by atoms with Crippen LogP contribution >= 0.6 is 15.9 Å². The van der Waals surface area contributed by atoms with E-state index in [2.05, 4.69) is 20.7 Å². The zero-order chi connectivity index (χ0) is 13.2. The van der Waals surface area contributed by atoms with Gasteiger partial charge in [0.15, 0.2) is 0 Å². The van der Waals surface area contributed by atoms with Crippen molar-refractivity contribution in [3.8, 4) is 0 Å². The average molecular weight is 315 g/mol. The van der Waals surface area contributed by atoms with Gasteiger partial charge in [-0.05, 0) is 35.0 Å². The van der Waals surface area contributed by atoms with Crippen LogP contribution in [0.1, 0.15) is 22.8 Å². The van der Waals surface area contributed by atoms with Crippen LogP contribution in [0.15, 0.2) is 16.6 Å². The van der Waals surface area contributed by atoms with E-state index >= 15 is 0 Å². The first-order valence-corrected chi connectivity index (χ1v) is 5.30. The fourth-order valence-corrected chi connectivity index (χ4v) is 1.89. The number of halogens is 5. The third-order valence-electron chi connectivity index (χ3n) is 1.87. The molecule has 0 bridgehead atoms. The SMILES string of the molecule is CCOC(=O)c1ccc(F)c(C(F)(F)F)c1Br. The number of rotatable bonds is 2. The van der Waals surface area contributed by atoms with Gasteiger partial charge in [-0.25, -0.2) is 9.18 Å². The number of alkyl halides is 3. The van der Waals surface area contributed by atoms with E-state index in [1.54, 1.807) is 0 Å². The number of esters is 1. The minimum Gasteiger partial charge on any atom is -0.462 e. The van der Waals surface area contributed by atoms with Gasteiger partial charge in [-0.1, -0.05) is 0 Å². The van der Waals surface area contributed by atoms with Crippen LogP contribution in [-0.4, -0.2) is 12.6 Å². The summed E-state index contributed by atoms with van der Waals surface area (Å²) in [5, 5.41) is 0. The summed E-state index contributed by atoms with van der Waals surface area (Å²) in [5.74, 6) is -2.39. The molecule has 0 aliphatic carbocycles. The van der Waals surface area contributed by atoms with Crippen LogP contribution in [0, 0.1) is 5.82 Å². The Morgan fingerprint density at radius 3 is 2.47 bits per heavy atom. The van der Waals surface area contributed by atoms with Gasteiger partial charge < -0.3 is 4.74 Å². The quantitative estimate of drug-likeness (QED) is 0.613. The zero-order valence-electron chi connectivity index (χ0n) is 8.57. The smallest absolute Gasteiger partial charge is 0.420 e. The molecule has 0 saturated carbocycles. The molecule has 0 unspecified atom stereocenters. The molecule has 2 nitrogen and oxygen atoms in total. The number of benzene rings is 1. The Labute approximate surface area is 103 Å². The minimum absolute atomic E-state index is 0.0179. The molecule has 1 aromatic rings. The van der Waals surface area contributed by atoms with Gasteiger partial charge in [0.1, 0.15) is 11.4 Å². The first-order chi connectivity index (χ1) is 7.79. The van der Waals surface area contributed by atoms with Crippen LogP contribution in [-0.2, 0) is 10.9 Å². The predicted octanol–water partition coefficient (Wildman–Crippen LogP) is 3.78. The van der Waals surface area contributed by atoms with E-state index in [-0.39, 0.29) is 12.2 Å². The molecule has 0 aromatic heterocycles. The molecule has 0 spiro atoms. The number of carbonyl (C=O) groups excluding carboxylic acids is 1. The fourth-order valence-electron chi connectivity index (χ4n) is 1.18. The summed E-state index contributed by atoms with van der Waals surface area (Å²) in [6, 6.07) is 1.52. The lowest BCUT2D eigenvalue weighted by Gasteiger charge is -2.12. The molecule has 1 rings (SSSR count). The molecule has 0 aliphatic rings. The zero-order valence-corrected chi connectivity index (χ0v) is 10.2. The Bertz CT molecular complexity index is 443. The Morgan fingerprint density at radius 2 is 2.00 bits per heavy atom. The summed E-state index contributed by atoms with van der Waals surface area (Å²) >= 11 is 2.58. The van der Waals surface area contributed by atoms with Crippen LogP contribution in [0.3, 0.4) is 0 Å². The van der Waals surface area contributed by atoms with Crippen molar-refractivity contribution >= 4 is 21.9 Å². The molecule has 1 aromatic carbocycles. The number of ether oxygens (including phenoxy) is 1. The van der Waals surface area contributed by atoms with Crippen molar-refractivity contribution in [2.45, 2.75) is 13.1 Å². The second-order valence-corrected chi connectivity index (χ2v) is 3.80. The molecular weight excluding hydrogens is 308 g/mol. The van der Waals surface area contributed by atoms with Gasteiger partial charge in [-0.3, -0.25) is 0 Å². The van der Waals surface area contributed by atoms with Crippen LogP contribution in [0.5, 0.6) is 0 Å². The van der Waals surface area contributed by atoms with Crippen LogP contribution in [0.25, 0.3) is 0 Å². The number of hydrogen-bond acceptors (Lipinski definition) is 2. The van der Waals surface area contributed by atoms with Gasteiger partial charge in [0.05, 0.1) is 12.2 Å². The second-order valence-electron chi connectivity index (χ2n) is 3.00. The highest BCUT2D eigenvalue weighted by atomic mass is 79.9. The monoisotopic (exact) mass is 314 g/mol. The standard InChI is InChI=1S/C10H7BrF4O2/c1-2-17-9(16)5-3-4-6(12)7(8(5)11)10(13,14)15/h3-4H,2H2,1H3. The maximum absolute atomic E-state index is 13.1. The molecule has 0 fully saturated rings. The molecule has 0 amide bonds. The molecular formula is C10H7BrF4O2. The van der Waals surface area contributed by atoms with Crippen LogP contribution in [0.2, 0.25) is 0 Å². The number of carbonyl (C=O) groups is 1. The van der Waals surface area contributed by atoms with Crippen molar-refractivity contribution in [2.24, 2.45) is 0 Å². The Morgan fingerprint density at radius 1 is 1.41 bits per heavy atom. The Balaban J connectivity index is 3.34. The normalized spacial score (nSPS) is 11.4. The van der Waals surface area contributed by atoms with E-state index in [1.807, 2.05) is 0 Å². The lowest BCUT2D eigenvalue weighted by Crippen LogP contribution is -2.14. The van der Waals surface area contributed by atoms with E-state index in [0.717, 1.165) is 6.07 Å². The maximum Gasteiger partial charge on any atom is 0.420 e. The summed E-state index contributed by atoms with van der Waals surface area (Å²) in [6.45, 7) is 1.53. The molecule has 0 heterocycles. The molecule has 0 atom stereocenters. The highest BCUT2D eigenvalue weighted by Crippen LogP contribution is 2.38. The lowest BCUT2D eigenvalue weighted by atomic mass is 10.1. The minimum atomic E-state index is -4.88. The number of hydrogen-bond donors (Lipinski definition) is 0. The van der Waals surface area contributed by atoms with Crippen molar-refractivity contribution in [1.82, 2.24) is 0 Å². The third-order valence-corrected chi connectivity index (χ3v) is 2.69. The Hall–Kier alpha value is -1.11. The average Bonchev–Trinajstić information content (AvgIpc) is 2.15. The third kappa shape index (κ3) is 2.96. The first kappa shape index (κ1) is 14.0. The van der Waals surface area contributed by atoms with Gasteiger partial charge in [0.2, 0.25) is 0 Å². The van der Waals surface area contributed by atoms with Crippen molar-refractivity contribution in [1.29, 1.82) is 0 Å². The predicted molar refractivity (Wildman–Crippen MR) is 55.1 cm³/mol. The van der Waals surface area contributed by atoms with Crippen molar-refractivity contribution in [3.63, 3.8) is 0 Å². The largest absolute Gasteiger partial charge is 0.462 e. The second kappa shape index (κ2) is 5.03. The van der Waals surface area contributed by atoms with Crippen molar-refractivity contribution < 1.29 is 27.1 Å². The van der Waals surface area contributed by atoms with E-state index in [1.165, 1.54) is 6.92 Å². The first-order valence-electron chi connectivity index (χ1n) is 4.51. The summed E-state index contributed by atoms with van der Waals surface area (Å²) in [5.41, 5.74) is -1.87. The van der Waals surface area contributed by atoms with Gasteiger partial charge in [-0.2, -0.15) is 13.2 Å². The molecule has 17 heavy (non-hydrogen) atoms. The molecule has 0 N–H and O–H groups in total. The van der Waals surface area contributed by atoms with E-state index in [4.69, 9.17) is 0 Å². The van der Waals surface area contributed by atoms with Gasteiger partial charge in [0, 0.05) is 4.47 Å². The van der Waals surface area contributed by atoms with Crippen LogP contribution in [0.4, 0.5) is 17.6 Å². The molecule has 0 saturated heterocycles. The van der Waals surface area contributed by atoms with Crippen molar-refractivity contribution in [2.75, 3.05) is 6.61 Å². The fraction of sp³-hybridized carbons (Fsp3) is 0.300. The maximum atomic E-state index is 13.1. The summed E-state index contributed by atoms with van der Waals surface area (Å²) in [4.78, 5) is 11.3. The molecule has 94 valence electrons. The van der Waals surface area contributed by atoms with Crippen molar-refractivity contribution in [3.05, 3.63) is 33.5 Å². The topological polar surface area (TPSA) is 26.3 Å². The molecule has 7 heteroatoms. The van der Waals surface area contributed by atoms with E-state index in [9.17, 15) is 22.4 Å². The van der Waals surface area contributed by atoms with Crippen LogP contribution < -0.4 is 0 Å². The summed E-state index contributed by atoms with van der Waals surface area (Å²) in [7, 11) is 0. The highest BCUT2D eigenvalue weighted by molar-refractivity contribution is 9.10. The molecule has 0 radical (unpaired) electrons. The van der Waals surface area contributed by atoms with E-state index in [0.29, 0.717) is 6.07 Å². The Kier molecular flexibility index (Phi) is 4.13. The highest BCUT2D eigenvalue weighted by Gasteiger charge is 2.38. The van der Waals surface area contributed by atoms with Gasteiger partial charge in [-0.15, -0.1) is 0 Å². The van der Waals surface area contributed by atoms with Gasteiger partial charge in [0.25, 0.3) is 0 Å². The summed E-state index contributed by atoms with van der Waals surface area (Å²) in [6.07, 6.45) is -4.88. The summed E-state index contributed by atoms with van der Waals surface area (Å²) < 4.78 is 54.5. The van der Waals surface area contributed by atoms with Gasteiger partial charge >= 0.3 is 12.1 Å². The van der Waals surface area contributed by atoms with E-state index < -0.39 is 28.0 Å².